The fourth-order valence-corrected chi connectivity index (χ4v) is 3.05. The molecule has 0 bridgehead atoms. The lowest BCUT2D eigenvalue weighted by atomic mass is 10.1. The second kappa shape index (κ2) is 10.1. The van der Waals surface area contributed by atoms with Crippen molar-refractivity contribution in [3.63, 3.8) is 0 Å². The third-order valence-corrected chi connectivity index (χ3v) is 4.73. The normalized spacial score (nSPS) is 11.8. The number of rotatable bonds is 7. The summed E-state index contributed by atoms with van der Waals surface area (Å²) in [7, 11) is 1.56. The Labute approximate surface area is 176 Å². The molecule has 0 saturated carbocycles. The highest BCUT2D eigenvalue weighted by Gasteiger charge is 2.21. The Bertz CT molecular complexity index is 1020. The summed E-state index contributed by atoms with van der Waals surface area (Å²) in [6.07, 6.45) is 8.00. The summed E-state index contributed by atoms with van der Waals surface area (Å²) in [5, 5.41) is 2.57. The molecule has 1 aromatic carbocycles. The Kier molecular flexibility index (Phi) is 7.05. The molecule has 6 heteroatoms. The molecule has 0 radical (unpaired) electrons. The minimum absolute atomic E-state index is 0.151. The van der Waals surface area contributed by atoms with Gasteiger partial charge in [0, 0.05) is 38.3 Å². The molecule has 0 aliphatic carbocycles. The number of nitrogens with one attached hydrogen (secondary N) is 1. The number of hydrogen-bond acceptors (Lipinski definition) is 4. The quantitative estimate of drug-likeness (QED) is 0.615. The Morgan fingerprint density at radius 1 is 1.10 bits per heavy atom. The lowest BCUT2D eigenvalue weighted by Crippen LogP contribution is -2.32. The van der Waals surface area contributed by atoms with Crippen molar-refractivity contribution in [3.8, 4) is 0 Å². The molecular weight excluding hydrogens is 376 g/mol. The van der Waals surface area contributed by atoms with E-state index in [9.17, 15) is 9.59 Å². The second-order valence-corrected chi connectivity index (χ2v) is 6.80. The molecule has 3 rings (SSSR count). The van der Waals surface area contributed by atoms with Gasteiger partial charge in [0.05, 0.1) is 17.3 Å². The van der Waals surface area contributed by atoms with E-state index in [0.717, 1.165) is 11.3 Å². The van der Waals surface area contributed by atoms with Crippen LogP contribution in [-0.2, 0) is 11.3 Å². The highest BCUT2D eigenvalue weighted by molar-refractivity contribution is 5.95. The number of hydrogen-bond donors (Lipinski definition) is 1. The molecular formula is C24H24N4O2. The molecule has 0 saturated heterocycles. The van der Waals surface area contributed by atoms with E-state index in [1.165, 1.54) is 12.3 Å². The zero-order valence-electron chi connectivity index (χ0n) is 17.0. The highest BCUT2D eigenvalue weighted by atomic mass is 16.2. The first-order chi connectivity index (χ1) is 14.6. The van der Waals surface area contributed by atoms with Gasteiger partial charge in [-0.1, -0.05) is 36.4 Å². The monoisotopic (exact) mass is 400 g/mol. The smallest absolute Gasteiger partial charge is 0.252 e. The minimum Gasteiger partial charge on any atom is -0.355 e. The van der Waals surface area contributed by atoms with Crippen LogP contribution in [0.5, 0.6) is 0 Å². The molecule has 0 fully saturated rings. The number of amides is 2. The maximum absolute atomic E-state index is 13.1. The molecule has 3 aromatic rings. The average Bonchev–Trinajstić information content (AvgIpc) is 2.81. The van der Waals surface area contributed by atoms with Crippen LogP contribution in [0.2, 0.25) is 0 Å². The molecule has 2 heterocycles. The van der Waals surface area contributed by atoms with Gasteiger partial charge in [-0.2, -0.15) is 0 Å². The number of aromatic nitrogens is 2. The first kappa shape index (κ1) is 20.9. The van der Waals surface area contributed by atoms with E-state index in [1.807, 2.05) is 55.5 Å². The predicted octanol–water partition coefficient (Wildman–Crippen LogP) is 3.64. The molecule has 0 spiro atoms. The number of pyridine rings is 2. The zero-order valence-corrected chi connectivity index (χ0v) is 17.0. The van der Waals surface area contributed by atoms with E-state index < -0.39 is 0 Å². The van der Waals surface area contributed by atoms with Crippen LogP contribution < -0.4 is 5.32 Å². The van der Waals surface area contributed by atoms with Gasteiger partial charge >= 0.3 is 0 Å². The minimum atomic E-state index is -0.224. The fourth-order valence-electron chi connectivity index (χ4n) is 3.05. The number of carbonyl (C=O) groups is 2. The topological polar surface area (TPSA) is 75.2 Å². The van der Waals surface area contributed by atoms with Crippen molar-refractivity contribution in [1.82, 2.24) is 20.2 Å². The van der Waals surface area contributed by atoms with E-state index >= 15 is 0 Å². The first-order valence-corrected chi connectivity index (χ1v) is 9.69. The van der Waals surface area contributed by atoms with Crippen LogP contribution in [0.3, 0.4) is 0 Å². The van der Waals surface area contributed by atoms with Crippen LogP contribution >= 0.6 is 0 Å². The summed E-state index contributed by atoms with van der Waals surface area (Å²) in [5.74, 6) is -0.374. The molecule has 152 valence electrons. The van der Waals surface area contributed by atoms with Crippen LogP contribution in [0.25, 0.3) is 6.08 Å². The maximum atomic E-state index is 13.1. The van der Waals surface area contributed by atoms with Crippen molar-refractivity contribution in [2.45, 2.75) is 19.5 Å². The maximum Gasteiger partial charge on any atom is 0.252 e. The summed E-state index contributed by atoms with van der Waals surface area (Å²) in [6.45, 7) is 2.42. The van der Waals surface area contributed by atoms with Gasteiger partial charge in [0.25, 0.3) is 5.91 Å². The Morgan fingerprint density at radius 2 is 1.87 bits per heavy atom. The Balaban J connectivity index is 1.84. The molecule has 2 aromatic heterocycles. The zero-order chi connectivity index (χ0) is 21.3. The number of nitrogens with zero attached hydrogens (tertiary/aromatic N) is 3. The van der Waals surface area contributed by atoms with Crippen LogP contribution in [0, 0.1) is 0 Å². The molecule has 1 N–H and O–H groups in total. The van der Waals surface area contributed by atoms with Gasteiger partial charge in [-0.15, -0.1) is 0 Å². The van der Waals surface area contributed by atoms with E-state index in [4.69, 9.17) is 0 Å². The summed E-state index contributed by atoms with van der Waals surface area (Å²) in [4.78, 5) is 35.2. The summed E-state index contributed by atoms with van der Waals surface area (Å²) < 4.78 is 0. The standard InChI is InChI=1S/C24H24N4O2/c1-18(22-10-6-7-13-27-22)28(17-19-8-4-3-5-9-19)23(29)12-11-20-14-21(16-26-15-20)24(30)25-2/h3-16,18H,17H2,1-2H3,(H,25,30)/b12-11+. The first-order valence-electron chi connectivity index (χ1n) is 9.69. The lowest BCUT2D eigenvalue weighted by molar-refractivity contribution is -0.128. The molecule has 0 aliphatic rings. The van der Waals surface area contributed by atoms with Gasteiger partial charge < -0.3 is 10.2 Å². The molecule has 1 atom stereocenters. The Morgan fingerprint density at radius 3 is 2.57 bits per heavy atom. The van der Waals surface area contributed by atoms with E-state index in [0.29, 0.717) is 17.7 Å². The average molecular weight is 400 g/mol. The van der Waals surface area contributed by atoms with Crippen molar-refractivity contribution in [2.24, 2.45) is 0 Å². The van der Waals surface area contributed by atoms with Crippen LogP contribution in [0.1, 0.15) is 40.1 Å². The van der Waals surface area contributed by atoms with Gasteiger partial charge in [-0.25, -0.2) is 0 Å². The van der Waals surface area contributed by atoms with Crippen LogP contribution in [0.15, 0.2) is 79.3 Å². The number of carbonyl (C=O) groups excluding carboxylic acids is 2. The van der Waals surface area contributed by atoms with Crippen molar-refractivity contribution in [2.75, 3.05) is 7.05 Å². The summed E-state index contributed by atoms with van der Waals surface area (Å²) >= 11 is 0. The van der Waals surface area contributed by atoms with E-state index in [2.05, 4.69) is 15.3 Å². The van der Waals surface area contributed by atoms with Gasteiger partial charge in [0.1, 0.15) is 0 Å². The van der Waals surface area contributed by atoms with Crippen molar-refractivity contribution in [3.05, 3.63) is 102 Å². The lowest BCUT2D eigenvalue weighted by Gasteiger charge is -2.28. The van der Waals surface area contributed by atoms with E-state index in [1.54, 1.807) is 36.5 Å². The summed E-state index contributed by atoms with van der Waals surface area (Å²) in [6, 6.07) is 17.0. The molecule has 2 amide bonds. The third-order valence-electron chi connectivity index (χ3n) is 4.73. The summed E-state index contributed by atoms with van der Waals surface area (Å²) in [5.41, 5.74) is 2.97. The van der Waals surface area contributed by atoms with Crippen molar-refractivity contribution >= 4 is 17.9 Å². The van der Waals surface area contributed by atoms with Crippen molar-refractivity contribution in [1.29, 1.82) is 0 Å². The van der Waals surface area contributed by atoms with Crippen molar-refractivity contribution < 1.29 is 9.59 Å². The molecule has 30 heavy (non-hydrogen) atoms. The second-order valence-electron chi connectivity index (χ2n) is 6.80. The Hall–Kier alpha value is -3.80. The fraction of sp³-hybridized carbons (Fsp3) is 0.167. The van der Waals surface area contributed by atoms with Crippen LogP contribution in [-0.4, -0.2) is 33.7 Å². The largest absolute Gasteiger partial charge is 0.355 e. The molecule has 1 unspecified atom stereocenters. The third kappa shape index (κ3) is 5.38. The predicted molar refractivity (Wildman–Crippen MR) is 116 cm³/mol. The van der Waals surface area contributed by atoms with Gasteiger partial charge in [0.2, 0.25) is 5.91 Å². The van der Waals surface area contributed by atoms with Crippen LogP contribution in [0.4, 0.5) is 0 Å². The SMILES string of the molecule is CNC(=O)c1cncc(/C=C/C(=O)N(Cc2ccccc2)C(C)c2ccccn2)c1. The molecule has 6 nitrogen and oxygen atoms in total. The number of benzene rings is 1. The highest BCUT2D eigenvalue weighted by Crippen LogP contribution is 2.21. The van der Waals surface area contributed by atoms with E-state index in [-0.39, 0.29) is 17.9 Å². The van der Waals surface area contributed by atoms with Gasteiger partial charge in [-0.05, 0) is 42.3 Å². The molecule has 0 aliphatic heterocycles. The van der Waals surface area contributed by atoms with Gasteiger partial charge in [-0.3, -0.25) is 19.6 Å². The van der Waals surface area contributed by atoms with Gasteiger partial charge in [0.15, 0.2) is 0 Å².